The molecular weight excluding hydrogens is 228 g/mol. The predicted octanol–water partition coefficient (Wildman–Crippen LogP) is 4.88. The molecule has 0 unspecified atom stereocenters. The summed E-state index contributed by atoms with van der Waals surface area (Å²) < 4.78 is 12.0. The van der Waals surface area contributed by atoms with E-state index in [1.807, 2.05) is 0 Å². The average molecular weight is 260 g/mol. The lowest BCUT2D eigenvalue weighted by atomic mass is 10.2. The number of unbranched alkanes of at least 4 members (excludes halogenated alkanes) is 4. The highest BCUT2D eigenvalue weighted by Crippen LogP contribution is 2.19. The number of rotatable bonds is 12. The SMILES string of the molecule is CCCCCCC[Si](C)(OCCC)OCCC. The minimum Gasteiger partial charge on any atom is -0.394 e. The molecule has 0 saturated heterocycles. The zero-order valence-corrected chi connectivity index (χ0v) is 13.4. The Morgan fingerprint density at radius 2 is 1.24 bits per heavy atom. The lowest BCUT2D eigenvalue weighted by Gasteiger charge is -2.27. The second-order valence-corrected chi connectivity index (χ2v) is 8.34. The fourth-order valence-electron chi connectivity index (χ4n) is 1.87. The molecule has 0 bridgehead atoms. The van der Waals surface area contributed by atoms with Crippen LogP contribution in [0.15, 0.2) is 0 Å². The van der Waals surface area contributed by atoms with E-state index < -0.39 is 8.56 Å². The zero-order valence-electron chi connectivity index (χ0n) is 12.4. The third kappa shape index (κ3) is 9.80. The Morgan fingerprint density at radius 1 is 0.706 bits per heavy atom. The van der Waals surface area contributed by atoms with Crippen molar-refractivity contribution in [2.75, 3.05) is 13.2 Å². The molecular formula is C14H32O2Si. The van der Waals surface area contributed by atoms with Gasteiger partial charge in [0.15, 0.2) is 0 Å². The van der Waals surface area contributed by atoms with Gasteiger partial charge in [-0.25, -0.2) is 0 Å². The quantitative estimate of drug-likeness (QED) is 0.368. The zero-order chi connectivity index (χ0) is 13.0. The van der Waals surface area contributed by atoms with Crippen LogP contribution in [0.4, 0.5) is 0 Å². The molecule has 0 radical (unpaired) electrons. The van der Waals surface area contributed by atoms with Crippen molar-refractivity contribution < 1.29 is 8.85 Å². The molecule has 0 saturated carbocycles. The van der Waals surface area contributed by atoms with Crippen molar-refractivity contribution in [1.82, 2.24) is 0 Å². The van der Waals surface area contributed by atoms with E-state index in [2.05, 4.69) is 27.3 Å². The Hall–Kier alpha value is 0.137. The van der Waals surface area contributed by atoms with Crippen LogP contribution < -0.4 is 0 Å². The van der Waals surface area contributed by atoms with Crippen LogP contribution in [-0.2, 0) is 8.85 Å². The third-order valence-electron chi connectivity index (χ3n) is 2.96. The van der Waals surface area contributed by atoms with Gasteiger partial charge < -0.3 is 8.85 Å². The maximum Gasteiger partial charge on any atom is 0.334 e. The van der Waals surface area contributed by atoms with Crippen LogP contribution in [0.2, 0.25) is 12.6 Å². The molecule has 0 amide bonds. The summed E-state index contributed by atoms with van der Waals surface area (Å²) in [5.41, 5.74) is 0. The summed E-state index contributed by atoms with van der Waals surface area (Å²) in [5, 5.41) is 0. The predicted molar refractivity (Wildman–Crippen MR) is 77.7 cm³/mol. The van der Waals surface area contributed by atoms with E-state index in [-0.39, 0.29) is 0 Å². The first kappa shape index (κ1) is 17.1. The van der Waals surface area contributed by atoms with Gasteiger partial charge in [0.2, 0.25) is 0 Å². The maximum atomic E-state index is 6.00. The minimum absolute atomic E-state index is 0.862. The van der Waals surface area contributed by atoms with Gasteiger partial charge in [-0.3, -0.25) is 0 Å². The van der Waals surface area contributed by atoms with Crippen LogP contribution in [0, 0.1) is 0 Å². The summed E-state index contributed by atoms with van der Waals surface area (Å²) in [6.45, 7) is 10.5. The van der Waals surface area contributed by atoms with Crippen LogP contribution in [0.5, 0.6) is 0 Å². The second kappa shape index (κ2) is 11.2. The molecule has 104 valence electrons. The minimum atomic E-state index is -1.85. The topological polar surface area (TPSA) is 18.5 Å². The number of hydrogen-bond donors (Lipinski definition) is 0. The Kier molecular flexibility index (Phi) is 11.3. The van der Waals surface area contributed by atoms with Gasteiger partial charge in [-0.05, 0) is 25.4 Å². The number of hydrogen-bond acceptors (Lipinski definition) is 2. The average Bonchev–Trinajstić information content (AvgIpc) is 2.34. The summed E-state index contributed by atoms with van der Waals surface area (Å²) in [6.07, 6.45) is 8.83. The van der Waals surface area contributed by atoms with Gasteiger partial charge in [0.25, 0.3) is 0 Å². The molecule has 0 fully saturated rings. The van der Waals surface area contributed by atoms with Gasteiger partial charge in [-0.2, -0.15) is 0 Å². The van der Waals surface area contributed by atoms with Gasteiger partial charge in [0.1, 0.15) is 0 Å². The van der Waals surface area contributed by atoms with Gasteiger partial charge >= 0.3 is 8.56 Å². The van der Waals surface area contributed by atoms with E-state index in [1.54, 1.807) is 0 Å². The van der Waals surface area contributed by atoms with Crippen molar-refractivity contribution in [3.8, 4) is 0 Å². The molecule has 0 aliphatic carbocycles. The van der Waals surface area contributed by atoms with Crippen LogP contribution in [0.25, 0.3) is 0 Å². The third-order valence-corrected chi connectivity index (χ3v) is 5.85. The molecule has 0 aromatic heterocycles. The highest BCUT2D eigenvalue weighted by Gasteiger charge is 2.30. The molecule has 0 aliphatic heterocycles. The molecule has 0 rings (SSSR count). The first-order valence-electron chi connectivity index (χ1n) is 7.46. The molecule has 0 atom stereocenters. The summed E-state index contributed by atoms with van der Waals surface area (Å²) in [4.78, 5) is 0. The van der Waals surface area contributed by atoms with Crippen molar-refractivity contribution in [2.45, 2.75) is 78.3 Å². The van der Waals surface area contributed by atoms with Gasteiger partial charge in [0.05, 0.1) is 0 Å². The van der Waals surface area contributed by atoms with Crippen LogP contribution >= 0.6 is 0 Å². The summed E-state index contributed by atoms with van der Waals surface area (Å²) in [7, 11) is -1.85. The van der Waals surface area contributed by atoms with Gasteiger partial charge in [0, 0.05) is 13.2 Å². The van der Waals surface area contributed by atoms with Crippen molar-refractivity contribution in [3.05, 3.63) is 0 Å². The van der Waals surface area contributed by atoms with E-state index >= 15 is 0 Å². The molecule has 0 N–H and O–H groups in total. The van der Waals surface area contributed by atoms with E-state index in [9.17, 15) is 0 Å². The fourth-order valence-corrected chi connectivity index (χ4v) is 4.41. The lowest BCUT2D eigenvalue weighted by molar-refractivity contribution is 0.172. The van der Waals surface area contributed by atoms with Gasteiger partial charge in [-0.15, -0.1) is 0 Å². The van der Waals surface area contributed by atoms with Crippen molar-refractivity contribution in [2.24, 2.45) is 0 Å². The van der Waals surface area contributed by atoms with Crippen molar-refractivity contribution >= 4 is 8.56 Å². The Labute approximate surface area is 109 Å². The standard InChI is InChI=1S/C14H32O2Si/c1-5-8-9-10-11-14-17(4,15-12-6-2)16-13-7-3/h5-14H2,1-4H3. The summed E-state index contributed by atoms with van der Waals surface area (Å²) in [6, 6.07) is 1.16. The van der Waals surface area contributed by atoms with Crippen molar-refractivity contribution in [1.29, 1.82) is 0 Å². The second-order valence-electron chi connectivity index (χ2n) is 4.99. The molecule has 2 nitrogen and oxygen atoms in total. The molecule has 0 aliphatic rings. The Morgan fingerprint density at radius 3 is 1.71 bits per heavy atom. The first-order chi connectivity index (χ1) is 8.18. The van der Waals surface area contributed by atoms with E-state index in [1.165, 1.54) is 32.1 Å². The largest absolute Gasteiger partial charge is 0.394 e. The summed E-state index contributed by atoms with van der Waals surface area (Å²) >= 11 is 0. The molecule has 17 heavy (non-hydrogen) atoms. The normalized spacial score (nSPS) is 12.0. The Bertz CT molecular complexity index is 154. The Balaban J connectivity index is 3.82. The van der Waals surface area contributed by atoms with E-state index in [4.69, 9.17) is 8.85 Å². The maximum absolute atomic E-state index is 6.00. The van der Waals surface area contributed by atoms with Crippen LogP contribution in [0.1, 0.15) is 65.7 Å². The molecule has 0 aromatic carbocycles. The molecule has 0 aromatic rings. The van der Waals surface area contributed by atoms with E-state index in [0.717, 1.165) is 32.1 Å². The summed E-state index contributed by atoms with van der Waals surface area (Å²) in [5.74, 6) is 0. The highest BCUT2D eigenvalue weighted by molar-refractivity contribution is 6.66. The molecule has 0 heterocycles. The molecule has 0 spiro atoms. The fraction of sp³-hybridized carbons (Fsp3) is 1.00. The first-order valence-corrected chi connectivity index (χ1v) is 9.98. The van der Waals surface area contributed by atoms with Crippen molar-refractivity contribution in [3.63, 3.8) is 0 Å². The van der Waals surface area contributed by atoms with E-state index in [0.29, 0.717) is 0 Å². The highest BCUT2D eigenvalue weighted by atomic mass is 28.4. The monoisotopic (exact) mass is 260 g/mol. The smallest absolute Gasteiger partial charge is 0.334 e. The lowest BCUT2D eigenvalue weighted by Crippen LogP contribution is -2.39. The molecule has 3 heteroatoms. The van der Waals surface area contributed by atoms with Gasteiger partial charge in [-0.1, -0.05) is 52.9 Å². The van der Waals surface area contributed by atoms with Crippen LogP contribution in [-0.4, -0.2) is 21.8 Å². The van der Waals surface area contributed by atoms with Crippen LogP contribution in [0.3, 0.4) is 0 Å².